The smallest absolute Gasteiger partial charge is 0.412 e. The van der Waals surface area contributed by atoms with E-state index in [0.29, 0.717) is 18.0 Å². The second-order valence-corrected chi connectivity index (χ2v) is 6.91. The van der Waals surface area contributed by atoms with E-state index in [1.807, 2.05) is 30.3 Å². The molecule has 2 aromatic rings. The maximum Gasteiger partial charge on any atom is 0.412 e. The van der Waals surface area contributed by atoms with Crippen molar-refractivity contribution in [2.75, 3.05) is 18.5 Å². The van der Waals surface area contributed by atoms with Gasteiger partial charge in [-0.25, -0.2) is 4.79 Å². The van der Waals surface area contributed by atoms with E-state index in [0.717, 1.165) is 5.75 Å². The largest absolute Gasteiger partial charge is 0.457 e. The topological polar surface area (TPSA) is 95.1 Å². The van der Waals surface area contributed by atoms with Crippen molar-refractivity contribution >= 4 is 17.7 Å². The van der Waals surface area contributed by atoms with Gasteiger partial charge in [-0.15, -0.1) is 0 Å². The molecule has 2 heterocycles. The van der Waals surface area contributed by atoms with Crippen LogP contribution in [0.3, 0.4) is 0 Å². The van der Waals surface area contributed by atoms with E-state index in [1.54, 1.807) is 24.3 Å². The van der Waals surface area contributed by atoms with Crippen LogP contribution in [-0.2, 0) is 19.0 Å². The molecule has 0 aliphatic carbocycles. The van der Waals surface area contributed by atoms with Crippen molar-refractivity contribution < 1.29 is 28.5 Å². The van der Waals surface area contributed by atoms with E-state index in [-0.39, 0.29) is 30.8 Å². The second-order valence-electron chi connectivity index (χ2n) is 6.91. The minimum absolute atomic E-state index is 0.148. The third-order valence-electron chi connectivity index (χ3n) is 4.73. The first-order chi connectivity index (χ1) is 14.1. The quantitative estimate of drug-likeness (QED) is 0.804. The van der Waals surface area contributed by atoms with Crippen LogP contribution in [0.5, 0.6) is 11.5 Å². The molecule has 2 aliphatic heterocycles. The van der Waals surface area contributed by atoms with Gasteiger partial charge in [0.05, 0.1) is 19.3 Å². The summed E-state index contributed by atoms with van der Waals surface area (Å²) in [6.45, 7) is 2.00. The van der Waals surface area contributed by atoms with Crippen molar-refractivity contribution in [2.45, 2.75) is 31.3 Å². The van der Waals surface area contributed by atoms with Crippen LogP contribution in [0, 0.1) is 0 Å². The number of amides is 2. The van der Waals surface area contributed by atoms with E-state index >= 15 is 0 Å². The Morgan fingerprint density at radius 1 is 0.931 bits per heavy atom. The molecule has 2 N–H and O–H groups in total. The van der Waals surface area contributed by atoms with Crippen molar-refractivity contribution in [1.29, 1.82) is 0 Å². The molecule has 8 heteroatoms. The number of carbonyl (C=O) groups is 2. The average Bonchev–Trinajstić information content (AvgIpc) is 3.27. The number of ether oxygens (including phenoxy) is 4. The lowest BCUT2D eigenvalue weighted by Gasteiger charge is -2.17. The van der Waals surface area contributed by atoms with Gasteiger partial charge in [-0.05, 0) is 36.4 Å². The van der Waals surface area contributed by atoms with Crippen molar-refractivity contribution in [3.8, 4) is 11.5 Å². The second kappa shape index (κ2) is 8.50. The van der Waals surface area contributed by atoms with Gasteiger partial charge in [0.2, 0.25) is 5.91 Å². The fourth-order valence-corrected chi connectivity index (χ4v) is 3.47. The Hall–Kier alpha value is -3.10. The van der Waals surface area contributed by atoms with E-state index in [2.05, 4.69) is 10.6 Å². The Balaban J connectivity index is 1.28. The number of rotatable bonds is 5. The highest BCUT2D eigenvalue weighted by Crippen LogP contribution is 2.29. The zero-order valence-electron chi connectivity index (χ0n) is 15.9. The maximum atomic E-state index is 12.2. The number of hydrogen-bond donors (Lipinski definition) is 2. The molecule has 4 unspecified atom stereocenters. The highest BCUT2D eigenvalue weighted by Gasteiger charge is 2.49. The van der Waals surface area contributed by atoms with Crippen molar-refractivity contribution in [3.05, 3.63) is 54.6 Å². The van der Waals surface area contributed by atoms with E-state index < -0.39 is 12.2 Å². The number of fused-ring (bicyclic) bond motifs is 1. The van der Waals surface area contributed by atoms with Gasteiger partial charge in [0.1, 0.15) is 23.7 Å². The van der Waals surface area contributed by atoms with Gasteiger partial charge in [-0.2, -0.15) is 0 Å². The first kappa shape index (κ1) is 19.2. The molecule has 29 heavy (non-hydrogen) atoms. The SMILES string of the molecule is CC(=O)NC1COC2C(OC(=O)Nc3ccc(Oc4ccccc4)cc3)COC12. The van der Waals surface area contributed by atoms with Crippen molar-refractivity contribution in [3.63, 3.8) is 0 Å². The molecule has 0 saturated carbocycles. The van der Waals surface area contributed by atoms with Crippen LogP contribution in [0.2, 0.25) is 0 Å². The monoisotopic (exact) mass is 398 g/mol. The first-order valence-corrected chi connectivity index (χ1v) is 9.39. The van der Waals surface area contributed by atoms with Crippen LogP contribution < -0.4 is 15.4 Å². The summed E-state index contributed by atoms with van der Waals surface area (Å²) in [6, 6.07) is 16.2. The standard InChI is InChI=1S/C21H22N2O6/c1-13(24)22-17-11-26-20-18(12-27-19(17)20)29-21(25)23-14-7-9-16(10-8-14)28-15-5-3-2-4-6-15/h2-10,17-20H,11-12H2,1H3,(H,22,24)(H,23,25). The van der Waals surface area contributed by atoms with E-state index in [1.165, 1.54) is 6.92 Å². The summed E-state index contributed by atoms with van der Waals surface area (Å²) in [5.74, 6) is 1.24. The molecule has 2 amide bonds. The maximum absolute atomic E-state index is 12.2. The van der Waals surface area contributed by atoms with Gasteiger partial charge in [0.25, 0.3) is 0 Å². The summed E-state index contributed by atoms with van der Waals surface area (Å²) in [7, 11) is 0. The number of hydrogen-bond acceptors (Lipinski definition) is 6. The third kappa shape index (κ3) is 4.67. The zero-order valence-corrected chi connectivity index (χ0v) is 15.9. The molecule has 0 spiro atoms. The zero-order chi connectivity index (χ0) is 20.2. The lowest BCUT2D eigenvalue weighted by Crippen LogP contribution is -2.43. The third-order valence-corrected chi connectivity index (χ3v) is 4.73. The number of nitrogens with one attached hydrogen (secondary N) is 2. The van der Waals surface area contributed by atoms with Gasteiger partial charge in [0.15, 0.2) is 6.10 Å². The summed E-state index contributed by atoms with van der Waals surface area (Å²) in [5, 5.41) is 5.48. The van der Waals surface area contributed by atoms with Crippen LogP contribution in [-0.4, -0.2) is 49.6 Å². The summed E-state index contributed by atoms with van der Waals surface area (Å²) >= 11 is 0. The van der Waals surface area contributed by atoms with Crippen LogP contribution in [0.4, 0.5) is 10.5 Å². The van der Waals surface area contributed by atoms with E-state index in [9.17, 15) is 9.59 Å². The Morgan fingerprint density at radius 3 is 2.34 bits per heavy atom. The molecule has 2 saturated heterocycles. The lowest BCUT2D eigenvalue weighted by atomic mass is 10.1. The lowest BCUT2D eigenvalue weighted by molar-refractivity contribution is -0.120. The normalized spacial score (nSPS) is 25.1. The van der Waals surface area contributed by atoms with Gasteiger partial charge in [-0.3, -0.25) is 10.1 Å². The van der Waals surface area contributed by atoms with Gasteiger partial charge < -0.3 is 24.3 Å². The Labute approximate surface area is 168 Å². The average molecular weight is 398 g/mol. The molecular formula is C21H22N2O6. The first-order valence-electron chi connectivity index (χ1n) is 9.39. The highest BCUT2D eigenvalue weighted by atomic mass is 16.6. The molecule has 152 valence electrons. The van der Waals surface area contributed by atoms with Gasteiger partial charge in [-0.1, -0.05) is 18.2 Å². The molecule has 0 aromatic heterocycles. The molecule has 8 nitrogen and oxygen atoms in total. The summed E-state index contributed by atoms with van der Waals surface area (Å²) < 4.78 is 22.5. The predicted molar refractivity (Wildman–Crippen MR) is 104 cm³/mol. The summed E-state index contributed by atoms with van der Waals surface area (Å²) in [5.41, 5.74) is 0.578. The van der Waals surface area contributed by atoms with Gasteiger partial charge in [0, 0.05) is 12.6 Å². The van der Waals surface area contributed by atoms with Crippen LogP contribution in [0.1, 0.15) is 6.92 Å². The number of anilines is 1. The fraction of sp³-hybridized carbons (Fsp3) is 0.333. The number of para-hydroxylation sites is 1. The number of benzene rings is 2. The van der Waals surface area contributed by atoms with Crippen molar-refractivity contribution in [2.24, 2.45) is 0 Å². The Bertz CT molecular complexity index is 857. The van der Waals surface area contributed by atoms with Crippen molar-refractivity contribution in [1.82, 2.24) is 5.32 Å². The van der Waals surface area contributed by atoms with Gasteiger partial charge >= 0.3 is 6.09 Å². The molecule has 0 bridgehead atoms. The highest BCUT2D eigenvalue weighted by molar-refractivity contribution is 5.84. The molecule has 2 fully saturated rings. The van der Waals surface area contributed by atoms with Crippen LogP contribution in [0.15, 0.2) is 54.6 Å². The molecule has 2 aliphatic rings. The molecule has 4 rings (SSSR count). The number of carbonyl (C=O) groups excluding carboxylic acids is 2. The molecule has 4 atom stereocenters. The molecular weight excluding hydrogens is 376 g/mol. The Kier molecular flexibility index (Phi) is 5.64. The minimum atomic E-state index is -0.595. The fourth-order valence-electron chi connectivity index (χ4n) is 3.47. The summed E-state index contributed by atoms with van der Waals surface area (Å²) in [6.07, 6.45) is -1.83. The minimum Gasteiger partial charge on any atom is -0.457 e. The Morgan fingerprint density at radius 2 is 1.62 bits per heavy atom. The van der Waals surface area contributed by atoms with Crippen LogP contribution in [0.25, 0.3) is 0 Å². The summed E-state index contributed by atoms with van der Waals surface area (Å²) in [4.78, 5) is 23.5. The molecule has 2 aromatic carbocycles. The predicted octanol–water partition coefficient (Wildman–Crippen LogP) is 2.70. The van der Waals surface area contributed by atoms with E-state index in [4.69, 9.17) is 18.9 Å². The molecule has 0 radical (unpaired) electrons. The van der Waals surface area contributed by atoms with Crippen LogP contribution >= 0.6 is 0 Å².